The van der Waals surface area contributed by atoms with Crippen LogP contribution in [0.15, 0.2) is 52.3 Å². The van der Waals surface area contributed by atoms with Gasteiger partial charge >= 0.3 is 0 Å². The lowest BCUT2D eigenvalue weighted by Gasteiger charge is -2.08. The molecule has 1 amide bonds. The second kappa shape index (κ2) is 7.10. The van der Waals surface area contributed by atoms with Crippen LogP contribution in [-0.2, 0) is 14.6 Å². The van der Waals surface area contributed by atoms with Gasteiger partial charge in [-0.1, -0.05) is 0 Å². The summed E-state index contributed by atoms with van der Waals surface area (Å²) in [5.41, 5.74) is -0.197. The number of carbonyl (C=O) groups is 1. The Labute approximate surface area is 136 Å². The van der Waals surface area contributed by atoms with Crippen molar-refractivity contribution in [3.8, 4) is 0 Å². The molecule has 0 unspecified atom stereocenters. The number of nitrogens with one attached hydrogen (secondary N) is 1. The minimum absolute atomic E-state index is 0.0197. The second-order valence-electron chi connectivity index (χ2n) is 4.70. The molecule has 2 aromatic carbocycles. The van der Waals surface area contributed by atoms with Gasteiger partial charge in [-0.15, -0.1) is 11.8 Å². The molecular weight excluding hydrogens is 344 g/mol. The van der Waals surface area contributed by atoms with Crippen LogP contribution < -0.4 is 5.32 Å². The summed E-state index contributed by atoms with van der Waals surface area (Å²) < 4.78 is 49.3. The van der Waals surface area contributed by atoms with Gasteiger partial charge in [0.2, 0.25) is 5.91 Å². The summed E-state index contributed by atoms with van der Waals surface area (Å²) in [4.78, 5) is 12.4. The van der Waals surface area contributed by atoms with Gasteiger partial charge in [0.25, 0.3) is 0 Å². The van der Waals surface area contributed by atoms with Crippen molar-refractivity contribution < 1.29 is 22.0 Å². The average molecular weight is 357 g/mol. The maximum atomic E-state index is 13.7. The fourth-order valence-corrected chi connectivity index (χ4v) is 3.04. The van der Waals surface area contributed by atoms with Crippen LogP contribution in [0.1, 0.15) is 0 Å². The summed E-state index contributed by atoms with van der Waals surface area (Å²) in [6.07, 6.45) is 0.996. The monoisotopic (exact) mass is 357 g/mol. The lowest BCUT2D eigenvalue weighted by Crippen LogP contribution is -2.15. The largest absolute Gasteiger partial charge is 0.323 e. The number of sulfone groups is 1. The number of carbonyl (C=O) groups excluding carboxylic acids is 1. The number of anilines is 1. The minimum Gasteiger partial charge on any atom is -0.323 e. The van der Waals surface area contributed by atoms with Gasteiger partial charge in [-0.3, -0.25) is 4.79 Å². The highest BCUT2D eigenvalue weighted by molar-refractivity contribution is 8.00. The zero-order valence-corrected chi connectivity index (χ0v) is 13.7. The molecule has 0 heterocycles. The van der Waals surface area contributed by atoms with Crippen molar-refractivity contribution in [3.05, 3.63) is 54.1 Å². The van der Waals surface area contributed by atoms with Crippen LogP contribution in [0.3, 0.4) is 0 Å². The Morgan fingerprint density at radius 2 is 1.78 bits per heavy atom. The normalized spacial score (nSPS) is 11.3. The fourth-order valence-electron chi connectivity index (χ4n) is 1.70. The molecule has 0 aliphatic carbocycles. The van der Waals surface area contributed by atoms with Gasteiger partial charge < -0.3 is 5.32 Å². The predicted molar refractivity (Wildman–Crippen MR) is 85.3 cm³/mol. The van der Waals surface area contributed by atoms with E-state index in [-0.39, 0.29) is 22.2 Å². The zero-order chi connectivity index (χ0) is 17.0. The Kier molecular flexibility index (Phi) is 5.38. The molecule has 0 fully saturated rings. The van der Waals surface area contributed by atoms with E-state index in [1.165, 1.54) is 24.3 Å². The van der Waals surface area contributed by atoms with Crippen LogP contribution in [0.2, 0.25) is 0 Å². The number of thioether (sulfide) groups is 1. The van der Waals surface area contributed by atoms with Gasteiger partial charge in [-0.25, -0.2) is 17.2 Å². The summed E-state index contributed by atoms with van der Waals surface area (Å²) in [6, 6.07) is 8.79. The first-order valence-corrected chi connectivity index (χ1v) is 9.31. The third-order valence-electron chi connectivity index (χ3n) is 2.82. The Morgan fingerprint density at radius 1 is 1.13 bits per heavy atom. The molecule has 8 heteroatoms. The van der Waals surface area contributed by atoms with E-state index in [0.29, 0.717) is 4.90 Å². The topological polar surface area (TPSA) is 63.2 Å². The summed E-state index contributed by atoms with van der Waals surface area (Å²) in [5, 5.41) is 2.33. The molecule has 0 aromatic heterocycles. The molecule has 1 N–H and O–H groups in total. The molecule has 4 nitrogen and oxygen atoms in total. The second-order valence-corrected chi connectivity index (χ2v) is 7.77. The van der Waals surface area contributed by atoms with Crippen molar-refractivity contribution in [2.45, 2.75) is 9.79 Å². The standard InChI is InChI=1S/C15H13F2NO3S2/c1-23(20,21)12-6-7-13(17)14(8-12)18-15(19)9-22-11-4-2-10(16)3-5-11/h2-8H,9H2,1H3,(H,18,19). The SMILES string of the molecule is CS(=O)(=O)c1ccc(F)c(NC(=O)CSc2ccc(F)cc2)c1. The van der Waals surface area contributed by atoms with Crippen LogP contribution in [0, 0.1) is 11.6 Å². The van der Waals surface area contributed by atoms with Crippen LogP contribution >= 0.6 is 11.8 Å². The molecular formula is C15H13F2NO3S2. The average Bonchev–Trinajstić information content (AvgIpc) is 2.48. The highest BCUT2D eigenvalue weighted by atomic mass is 32.2. The van der Waals surface area contributed by atoms with E-state index < -0.39 is 21.6 Å². The Bertz CT molecular complexity index is 821. The lowest BCUT2D eigenvalue weighted by atomic mass is 10.3. The van der Waals surface area contributed by atoms with E-state index in [1.54, 1.807) is 0 Å². The number of rotatable bonds is 5. The number of amides is 1. The van der Waals surface area contributed by atoms with E-state index in [2.05, 4.69) is 5.32 Å². The molecule has 0 aliphatic rings. The van der Waals surface area contributed by atoms with E-state index >= 15 is 0 Å². The molecule has 0 atom stereocenters. The number of halogens is 2. The predicted octanol–water partition coefficient (Wildman–Crippen LogP) is 3.10. The quantitative estimate of drug-likeness (QED) is 0.660. The summed E-state index contributed by atoms with van der Waals surface area (Å²) in [5.74, 6) is -1.62. The zero-order valence-electron chi connectivity index (χ0n) is 12.0. The van der Waals surface area contributed by atoms with Gasteiger partial charge in [0.05, 0.1) is 16.3 Å². The van der Waals surface area contributed by atoms with E-state index in [0.717, 1.165) is 36.2 Å². The first-order chi connectivity index (χ1) is 10.8. The molecule has 0 aliphatic heterocycles. The third-order valence-corrected chi connectivity index (χ3v) is 4.95. The molecule has 2 rings (SSSR count). The van der Waals surface area contributed by atoms with E-state index in [1.807, 2.05) is 0 Å². The minimum atomic E-state index is -3.50. The maximum absolute atomic E-state index is 13.7. The van der Waals surface area contributed by atoms with Gasteiger partial charge in [0.15, 0.2) is 9.84 Å². The van der Waals surface area contributed by atoms with Gasteiger partial charge in [0, 0.05) is 11.2 Å². The number of hydrogen-bond donors (Lipinski definition) is 1. The summed E-state index contributed by atoms with van der Waals surface area (Å²) in [7, 11) is -3.50. The highest BCUT2D eigenvalue weighted by Gasteiger charge is 2.13. The lowest BCUT2D eigenvalue weighted by molar-refractivity contribution is -0.113. The van der Waals surface area contributed by atoms with Crippen molar-refractivity contribution in [2.75, 3.05) is 17.3 Å². The van der Waals surface area contributed by atoms with Gasteiger partial charge in [-0.2, -0.15) is 0 Å². The van der Waals surface area contributed by atoms with E-state index in [4.69, 9.17) is 0 Å². The Hall–Kier alpha value is -1.93. The Balaban J connectivity index is 2.04. The van der Waals surface area contributed by atoms with Crippen molar-refractivity contribution in [1.29, 1.82) is 0 Å². The van der Waals surface area contributed by atoms with Crippen LogP contribution in [-0.4, -0.2) is 26.3 Å². The van der Waals surface area contributed by atoms with Crippen LogP contribution in [0.5, 0.6) is 0 Å². The first-order valence-electron chi connectivity index (χ1n) is 6.43. The molecule has 0 radical (unpaired) electrons. The maximum Gasteiger partial charge on any atom is 0.234 e. The van der Waals surface area contributed by atoms with Crippen LogP contribution in [0.4, 0.5) is 14.5 Å². The van der Waals surface area contributed by atoms with Crippen molar-refractivity contribution >= 4 is 33.2 Å². The van der Waals surface area contributed by atoms with Crippen molar-refractivity contribution in [2.24, 2.45) is 0 Å². The smallest absolute Gasteiger partial charge is 0.234 e. The molecule has 2 aromatic rings. The van der Waals surface area contributed by atoms with Crippen molar-refractivity contribution in [3.63, 3.8) is 0 Å². The van der Waals surface area contributed by atoms with Crippen LogP contribution in [0.25, 0.3) is 0 Å². The molecule has 0 bridgehead atoms. The van der Waals surface area contributed by atoms with Gasteiger partial charge in [0.1, 0.15) is 11.6 Å². The molecule has 122 valence electrons. The molecule has 0 saturated carbocycles. The van der Waals surface area contributed by atoms with Gasteiger partial charge in [-0.05, 0) is 42.5 Å². The first kappa shape index (κ1) is 17.4. The number of hydrogen-bond acceptors (Lipinski definition) is 4. The third kappa shape index (κ3) is 5.04. The molecule has 0 spiro atoms. The highest BCUT2D eigenvalue weighted by Crippen LogP contribution is 2.21. The Morgan fingerprint density at radius 3 is 2.39 bits per heavy atom. The summed E-state index contributed by atoms with van der Waals surface area (Å²) in [6.45, 7) is 0. The van der Waals surface area contributed by atoms with E-state index in [9.17, 15) is 22.0 Å². The van der Waals surface area contributed by atoms with Crippen molar-refractivity contribution in [1.82, 2.24) is 0 Å². The summed E-state index contributed by atoms with van der Waals surface area (Å²) >= 11 is 1.15. The fraction of sp³-hybridized carbons (Fsp3) is 0.133. The molecule has 0 saturated heterocycles. The number of benzene rings is 2. The molecule has 23 heavy (non-hydrogen) atoms.